The standard InChI is InChI=1S/C15H14BrN3O2/c1-10-3-2-4-14(18-10)21-13-8-19(9-13)15(20)11-5-12(16)7-17-6-11/h2-7,13H,8-9H2,1H3. The van der Waals surface area contributed by atoms with E-state index in [1.165, 1.54) is 0 Å². The second-order valence-electron chi connectivity index (χ2n) is 4.96. The summed E-state index contributed by atoms with van der Waals surface area (Å²) in [5.74, 6) is 0.581. The molecule has 3 rings (SSSR count). The van der Waals surface area contributed by atoms with Crippen LogP contribution in [0.15, 0.2) is 41.1 Å². The summed E-state index contributed by atoms with van der Waals surface area (Å²) >= 11 is 3.32. The third-order valence-corrected chi connectivity index (χ3v) is 3.67. The fraction of sp³-hybridized carbons (Fsp3) is 0.267. The van der Waals surface area contributed by atoms with Gasteiger partial charge < -0.3 is 9.64 Å². The van der Waals surface area contributed by atoms with Gasteiger partial charge in [0.1, 0.15) is 6.10 Å². The van der Waals surface area contributed by atoms with Gasteiger partial charge in [0.2, 0.25) is 5.88 Å². The monoisotopic (exact) mass is 347 g/mol. The van der Waals surface area contributed by atoms with Gasteiger partial charge in [-0.3, -0.25) is 9.78 Å². The average Bonchev–Trinajstić information content (AvgIpc) is 2.42. The molecule has 0 unspecified atom stereocenters. The van der Waals surface area contributed by atoms with Gasteiger partial charge in [0.25, 0.3) is 5.91 Å². The number of pyridine rings is 2. The Labute approximate surface area is 131 Å². The largest absolute Gasteiger partial charge is 0.471 e. The first-order valence-electron chi connectivity index (χ1n) is 6.62. The molecule has 0 spiro atoms. The molecule has 3 heterocycles. The highest BCUT2D eigenvalue weighted by molar-refractivity contribution is 9.10. The number of ether oxygens (including phenoxy) is 1. The van der Waals surface area contributed by atoms with Crippen molar-refractivity contribution >= 4 is 21.8 Å². The number of likely N-dealkylation sites (tertiary alicyclic amines) is 1. The van der Waals surface area contributed by atoms with E-state index in [-0.39, 0.29) is 12.0 Å². The highest BCUT2D eigenvalue weighted by atomic mass is 79.9. The number of nitrogens with zero attached hydrogens (tertiary/aromatic N) is 3. The lowest BCUT2D eigenvalue weighted by atomic mass is 10.1. The molecule has 1 amide bonds. The van der Waals surface area contributed by atoms with Crippen molar-refractivity contribution in [3.05, 3.63) is 52.4 Å². The summed E-state index contributed by atoms with van der Waals surface area (Å²) in [5.41, 5.74) is 1.50. The fourth-order valence-corrected chi connectivity index (χ4v) is 2.51. The minimum atomic E-state index is -0.0270. The van der Waals surface area contributed by atoms with Crippen LogP contribution in [0.4, 0.5) is 0 Å². The van der Waals surface area contributed by atoms with E-state index >= 15 is 0 Å². The summed E-state index contributed by atoms with van der Waals surface area (Å²) < 4.78 is 6.54. The molecule has 108 valence electrons. The topological polar surface area (TPSA) is 55.3 Å². The van der Waals surface area contributed by atoms with E-state index in [4.69, 9.17) is 4.74 Å². The van der Waals surface area contributed by atoms with Crippen molar-refractivity contribution in [2.75, 3.05) is 13.1 Å². The van der Waals surface area contributed by atoms with Crippen LogP contribution in [0.1, 0.15) is 16.1 Å². The molecule has 1 fully saturated rings. The molecule has 2 aromatic heterocycles. The van der Waals surface area contributed by atoms with Crippen molar-refractivity contribution in [1.82, 2.24) is 14.9 Å². The predicted octanol–water partition coefficient (Wildman–Crippen LogP) is 2.45. The van der Waals surface area contributed by atoms with E-state index in [1.54, 1.807) is 23.4 Å². The van der Waals surface area contributed by atoms with Gasteiger partial charge in [-0.15, -0.1) is 0 Å². The highest BCUT2D eigenvalue weighted by Crippen LogP contribution is 2.19. The Morgan fingerprint density at radius 2 is 2.19 bits per heavy atom. The van der Waals surface area contributed by atoms with E-state index in [0.29, 0.717) is 24.5 Å². The van der Waals surface area contributed by atoms with Crippen molar-refractivity contribution < 1.29 is 9.53 Å². The maximum absolute atomic E-state index is 12.2. The lowest BCUT2D eigenvalue weighted by Crippen LogP contribution is -2.56. The van der Waals surface area contributed by atoms with Crippen LogP contribution in [0.3, 0.4) is 0 Å². The molecule has 6 heteroatoms. The van der Waals surface area contributed by atoms with Gasteiger partial charge >= 0.3 is 0 Å². The first-order valence-corrected chi connectivity index (χ1v) is 7.41. The molecule has 0 atom stereocenters. The maximum atomic E-state index is 12.2. The predicted molar refractivity (Wildman–Crippen MR) is 81.2 cm³/mol. The summed E-state index contributed by atoms with van der Waals surface area (Å²) in [5, 5.41) is 0. The number of aryl methyl sites for hydroxylation is 1. The van der Waals surface area contributed by atoms with Crippen LogP contribution in [0.5, 0.6) is 5.88 Å². The van der Waals surface area contributed by atoms with Gasteiger partial charge in [-0.2, -0.15) is 0 Å². The van der Waals surface area contributed by atoms with Gasteiger partial charge in [0.05, 0.1) is 18.7 Å². The summed E-state index contributed by atoms with van der Waals surface area (Å²) in [7, 11) is 0. The molecule has 1 saturated heterocycles. The van der Waals surface area contributed by atoms with Crippen molar-refractivity contribution in [3.8, 4) is 5.88 Å². The Morgan fingerprint density at radius 1 is 1.38 bits per heavy atom. The number of amides is 1. The number of carbonyl (C=O) groups excluding carboxylic acids is 1. The number of rotatable bonds is 3. The third kappa shape index (κ3) is 3.21. The van der Waals surface area contributed by atoms with Crippen LogP contribution in [-0.2, 0) is 0 Å². The molecule has 0 saturated carbocycles. The summed E-state index contributed by atoms with van der Waals surface area (Å²) in [6.07, 6.45) is 3.23. The summed E-state index contributed by atoms with van der Waals surface area (Å²) in [4.78, 5) is 22.3. The summed E-state index contributed by atoms with van der Waals surface area (Å²) in [6.45, 7) is 3.06. The molecule has 21 heavy (non-hydrogen) atoms. The molecule has 2 aromatic rings. The first-order chi connectivity index (χ1) is 10.1. The molecule has 0 N–H and O–H groups in total. The van der Waals surface area contributed by atoms with Gasteiger partial charge in [-0.1, -0.05) is 6.07 Å². The molecule has 0 aromatic carbocycles. The van der Waals surface area contributed by atoms with Crippen molar-refractivity contribution in [3.63, 3.8) is 0 Å². The zero-order valence-electron chi connectivity index (χ0n) is 11.5. The van der Waals surface area contributed by atoms with Gasteiger partial charge in [0, 0.05) is 28.6 Å². The van der Waals surface area contributed by atoms with Crippen LogP contribution in [-0.4, -0.2) is 40.0 Å². The molecule has 1 aliphatic rings. The van der Waals surface area contributed by atoms with Crippen LogP contribution in [0.25, 0.3) is 0 Å². The van der Waals surface area contributed by atoms with Gasteiger partial charge in [-0.05, 0) is 35.0 Å². The minimum absolute atomic E-state index is 0.00311. The molecule has 5 nitrogen and oxygen atoms in total. The molecule has 1 aliphatic heterocycles. The Balaban J connectivity index is 1.57. The number of aromatic nitrogens is 2. The van der Waals surface area contributed by atoms with E-state index in [0.717, 1.165) is 10.2 Å². The van der Waals surface area contributed by atoms with Crippen LogP contribution in [0.2, 0.25) is 0 Å². The second kappa shape index (κ2) is 5.81. The normalized spacial score (nSPS) is 14.7. The minimum Gasteiger partial charge on any atom is -0.471 e. The number of carbonyl (C=O) groups is 1. The maximum Gasteiger partial charge on any atom is 0.255 e. The Kier molecular flexibility index (Phi) is 3.88. The third-order valence-electron chi connectivity index (χ3n) is 3.24. The summed E-state index contributed by atoms with van der Waals surface area (Å²) in [6, 6.07) is 7.43. The quantitative estimate of drug-likeness (QED) is 0.855. The zero-order chi connectivity index (χ0) is 14.8. The Morgan fingerprint density at radius 3 is 2.90 bits per heavy atom. The van der Waals surface area contributed by atoms with E-state index < -0.39 is 0 Å². The van der Waals surface area contributed by atoms with Crippen LogP contribution in [0, 0.1) is 6.92 Å². The number of hydrogen-bond donors (Lipinski definition) is 0. The lowest BCUT2D eigenvalue weighted by molar-refractivity contribution is 0.0159. The molecular weight excluding hydrogens is 334 g/mol. The van der Waals surface area contributed by atoms with Crippen molar-refractivity contribution in [2.24, 2.45) is 0 Å². The van der Waals surface area contributed by atoms with Gasteiger partial charge in [0.15, 0.2) is 0 Å². The number of hydrogen-bond acceptors (Lipinski definition) is 4. The average molecular weight is 348 g/mol. The molecule has 0 radical (unpaired) electrons. The smallest absolute Gasteiger partial charge is 0.255 e. The van der Waals surface area contributed by atoms with E-state index in [9.17, 15) is 4.79 Å². The van der Waals surface area contributed by atoms with Crippen molar-refractivity contribution in [1.29, 1.82) is 0 Å². The molecular formula is C15H14BrN3O2. The van der Waals surface area contributed by atoms with Crippen LogP contribution >= 0.6 is 15.9 Å². The SMILES string of the molecule is Cc1cccc(OC2CN(C(=O)c3cncc(Br)c3)C2)n1. The molecule has 0 aliphatic carbocycles. The lowest BCUT2D eigenvalue weighted by Gasteiger charge is -2.38. The van der Waals surface area contributed by atoms with Crippen LogP contribution < -0.4 is 4.74 Å². The number of halogens is 1. The van der Waals surface area contributed by atoms with Crippen molar-refractivity contribution in [2.45, 2.75) is 13.0 Å². The fourth-order valence-electron chi connectivity index (χ4n) is 2.14. The van der Waals surface area contributed by atoms with E-state index in [1.807, 2.05) is 25.1 Å². The Hall–Kier alpha value is -1.95. The first kappa shape index (κ1) is 14.0. The van der Waals surface area contributed by atoms with Gasteiger partial charge in [-0.25, -0.2) is 4.98 Å². The second-order valence-corrected chi connectivity index (χ2v) is 5.87. The highest BCUT2D eigenvalue weighted by Gasteiger charge is 2.33. The zero-order valence-corrected chi connectivity index (χ0v) is 13.1. The molecule has 0 bridgehead atoms. The van der Waals surface area contributed by atoms with E-state index in [2.05, 4.69) is 25.9 Å². The Bertz CT molecular complexity index is 671.